The molecule has 0 unspecified atom stereocenters. The van der Waals surface area contributed by atoms with E-state index >= 15 is 0 Å². The van der Waals surface area contributed by atoms with Gasteiger partial charge in [0.25, 0.3) is 0 Å². The zero-order chi connectivity index (χ0) is 10.6. The van der Waals surface area contributed by atoms with Crippen LogP contribution in [-0.4, -0.2) is 61.8 Å². The lowest BCUT2D eigenvalue weighted by Gasteiger charge is -2.13. The lowest BCUT2D eigenvalue weighted by atomic mass is 10.2. The topological polar surface area (TPSA) is 64.6 Å². The highest BCUT2D eigenvalue weighted by Crippen LogP contribution is 2.05. The van der Waals surface area contributed by atoms with Gasteiger partial charge < -0.3 is 20.6 Å². The number of amides is 1. The summed E-state index contributed by atoms with van der Waals surface area (Å²) < 4.78 is 0. The zero-order valence-electron chi connectivity index (χ0n) is 8.79. The number of carbonyl (C=O) groups excluding carboxylic acids is 1. The molecule has 1 amide bonds. The molecular formula is C9H19N3O2. The normalized spacial score (nSPS) is 26.9. The molecule has 0 aromatic heterocycles. The minimum Gasteiger partial charge on any atom is -0.392 e. The van der Waals surface area contributed by atoms with E-state index in [2.05, 4.69) is 10.6 Å². The average molecular weight is 201 g/mol. The molecule has 0 aliphatic carbocycles. The third-order valence-electron chi connectivity index (χ3n) is 2.28. The fraction of sp³-hybridized carbons (Fsp3) is 0.889. The van der Waals surface area contributed by atoms with Crippen LogP contribution in [0.25, 0.3) is 0 Å². The van der Waals surface area contributed by atoms with E-state index in [1.54, 1.807) is 0 Å². The Morgan fingerprint density at radius 2 is 2.36 bits per heavy atom. The smallest absolute Gasteiger partial charge is 0.237 e. The molecule has 14 heavy (non-hydrogen) atoms. The highest BCUT2D eigenvalue weighted by Gasteiger charge is 2.27. The standard InChI is InChI=1S/C9H19N3O2/c1-12(2)4-3-10-9(14)8-5-7(13)6-11-8/h7-8,11,13H,3-6H2,1-2H3,(H,10,14)/t7-,8-/m0/s1. The Morgan fingerprint density at radius 3 is 2.86 bits per heavy atom. The van der Waals surface area contributed by atoms with Gasteiger partial charge in [-0.25, -0.2) is 0 Å². The van der Waals surface area contributed by atoms with Crippen molar-refractivity contribution in [1.29, 1.82) is 0 Å². The summed E-state index contributed by atoms with van der Waals surface area (Å²) in [6.45, 7) is 2.01. The maximum Gasteiger partial charge on any atom is 0.237 e. The molecule has 5 nitrogen and oxygen atoms in total. The van der Waals surface area contributed by atoms with E-state index in [1.165, 1.54) is 0 Å². The van der Waals surface area contributed by atoms with Crippen LogP contribution in [0.3, 0.4) is 0 Å². The van der Waals surface area contributed by atoms with Crippen molar-refractivity contribution in [2.24, 2.45) is 0 Å². The van der Waals surface area contributed by atoms with Crippen molar-refractivity contribution in [3.05, 3.63) is 0 Å². The van der Waals surface area contributed by atoms with E-state index in [0.29, 0.717) is 19.5 Å². The molecule has 82 valence electrons. The predicted octanol–water partition coefficient (Wildman–Crippen LogP) is -1.61. The molecule has 1 aliphatic heterocycles. The molecule has 0 aromatic carbocycles. The summed E-state index contributed by atoms with van der Waals surface area (Å²) in [6.07, 6.45) is 0.146. The lowest BCUT2D eigenvalue weighted by Crippen LogP contribution is -2.42. The largest absolute Gasteiger partial charge is 0.392 e. The Balaban J connectivity index is 2.15. The van der Waals surface area contributed by atoms with Crippen LogP contribution in [0.2, 0.25) is 0 Å². The number of hydrogen-bond acceptors (Lipinski definition) is 4. The zero-order valence-corrected chi connectivity index (χ0v) is 8.79. The summed E-state index contributed by atoms with van der Waals surface area (Å²) in [5, 5.41) is 15.0. The number of nitrogens with zero attached hydrogens (tertiary/aromatic N) is 1. The number of likely N-dealkylation sites (N-methyl/N-ethyl adjacent to an activating group) is 1. The summed E-state index contributed by atoms with van der Waals surface area (Å²) in [7, 11) is 3.92. The highest BCUT2D eigenvalue weighted by atomic mass is 16.3. The Bertz CT molecular complexity index is 196. The maximum absolute atomic E-state index is 11.5. The van der Waals surface area contributed by atoms with Gasteiger partial charge in [-0.15, -0.1) is 0 Å². The Labute approximate surface area is 84.5 Å². The van der Waals surface area contributed by atoms with Crippen LogP contribution < -0.4 is 10.6 Å². The molecule has 1 aliphatic rings. The van der Waals surface area contributed by atoms with E-state index in [0.717, 1.165) is 6.54 Å². The Morgan fingerprint density at radius 1 is 1.64 bits per heavy atom. The second kappa shape index (κ2) is 5.29. The highest BCUT2D eigenvalue weighted by molar-refractivity contribution is 5.82. The minimum atomic E-state index is -0.375. The van der Waals surface area contributed by atoms with E-state index in [9.17, 15) is 9.90 Å². The molecular weight excluding hydrogens is 182 g/mol. The molecule has 1 fully saturated rings. The number of aliphatic hydroxyl groups excluding tert-OH is 1. The molecule has 5 heteroatoms. The second-order valence-electron chi connectivity index (χ2n) is 3.94. The summed E-state index contributed by atoms with van der Waals surface area (Å²) in [5.74, 6) is -0.0107. The molecule has 0 spiro atoms. The van der Waals surface area contributed by atoms with Gasteiger partial charge in [0.1, 0.15) is 0 Å². The molecule has 0 radical (unpaired) electrons. The molecule has 1 heterocycles. The third kappa shape index (κ3) is 3.61. The second-order valence-corrected chi connectivity index (χ2v) is 3.94. The van der Waals surface area contributed by atoms with Gasteiger partial charge in [0.2, 0.25) is 5.91 Å². The number of rotatable bonds is 4. The van der Waals surface area contributed by atoms with Gasteiger partial charge in [0, 0.05) is 19.6 Å². The van der Waals surface area contributed by atoms with Crippen molar-refractivity contribution in [3.63, 3.8) is 0 Å². The van der Waals surface area contributed by atoms with Gasteiger partial charge in [-0.1, -0.05) is 0 Å². The number of carbonyl (C=O) groups is 1. The summed E-state index contributed by atoms with van der Waals surface area (Å²) in [5.41, 5.74) is 0. The van der Waals surface area contributed by atoms with Crippen molar-refractivity contribution in [2.75, 3.05) is 33.7 Å². The third-order valence-corrected chi connectivity index (χ3v) is 2.28. The van der Waals surface area contributed by atoms with Crippen LogP contribution in [-0.2, 0) is 4.79 Å². The van der Waals surface area contributed by atoms with Crippen molar-refractivity contribution < 1.29 is 9.90 Å². The van der Waals surface area contributed by atoms with Crippen LogP contribution in [0.4, 0.5) is 0 Å². The van der Waals surface area contributed by atoms with Crippen LogP contribution in [0.15, 0.2) is 0 Å². The summed E-state index contributed by atoms with van der Waals surface area (Å²) in [6, 6.07) is -0.216. The van der Waals surface area contributed by atoms with Gasteiger partial charge in [-0.2, -0.15) is 0 Å². The predicted molar refractivity (Wildman–Crippen MR) is 54.0 cm³/mol. The molecule has 2 atom stereocenters. The monoisotopic (exact) mass is 201 g/mol. The van der Waals surface area contributed by atoms with Crippen molar-refractivity contribution in [2.45, 2.75) is 18.6 Å². The fourth-order valence-electron chi connectivity index (χ4n) is 1.44. The minimum absolute atomic E-state index is 0.0107. The molecule has 1 rings (SSSR count). The first-order valence-corrected chi connectivity index (χ1v) is 4.93. The number of β-amino-alcohol motifs (C(OH)–C–C–N with tert-alkyl or cyclic N) is 1. The van der Waals surface area contributed by atoms with Crippen molar-refractivity contribution >= 4 is 5.91 Å². The van der Waals surface area contributed by atoms with E-state index in [-0.39, 0.29) is 18.1 Å². The van der Waals surface area contributed by atoms with Gasteiger partial charge in [-0.3, -0.25) is 4.79 Å². The Hall–Kier alpha value is -0.650. The van der Waals surface area contributed by atoms with E-state index < -0.39 is 0 Å². The number of nitrogens with one attached hydrogen (secondary N) is 2. The van der Waals surface area contributed by atoms with Gasteiger partial charge in [-0.05, 0) is 20.5 Å². The van der Waals surface area contributed by atoms with Gasteiger partial charge in [0.15, 0.2) is 0 Å². The first-order chi connectivity index (χ1) is 6.59. The van der Waals surface area contributed by atoms with Crippen LogP contribution >= 0.6 is 0 Å². The van der Waals surface area contributed by atoms with Crippen molar-refractivity contribution in [3.8, 4) is 0 Å². The first kappa shape index (κ1) is 11.4. The maximum atomic E-state index is 11.5. The van der Waals surface area contributed by atoms with Gasteiger partial charge >= 0.3 is 0 Å². The average Bonchev–Trinajstić information content (AvgIpc) is 2.51. The Kier molecular flexibility index (Phi) is 4.31. The molecule has 0 saturated carbocycles. The molecule has 0 bridgehead atoms. The van der Waals surface area contributed by atoms with Crippen LogP contribution in [0.1, 0.15) is 6.42 Å². The number of aliphatic hydroxyl groups is 1. The van der Waals surface area contributed by atoms with Gasteiger partial charge in [0.05, 0.1) is 12.1 Å². The molecule has 3 N–H and O–H groups in total. The van der Waals surface area contributed by atoms with E-state index in [1.807, 2.05) is 19.0 Å². The first-order valence-electron chi connectivity index (χ1n) is 4.93. The summed E-state index contributed by atoms with van der Waals surface area (Å²) >= 11 is 0. The quantitative estimate of drug-likeness (QED) is 0.512. The van der Waals surface area contributed by atoms with Crippen LogP contribution in [0.5, 0.6) is 0 Å². The van der Waals surface area contributed by atoms with E-state index in [4.69, 9.17) is 0 Å². The fourth-order valence-corrected chi connectivity index (χ4v) is 1.44. The van der Waals surface area contributed by atoms with Crippen molar-refractivity contribution in [1.82, 2.24) is 15.5 Å². The van der Waals surface area contributed by atoms with Crippen LogP contribution in [0, 0.1) is 0 Å². The SMILES string of the molecule is CN(C)CCNC(=O)[C@@H]1C[C@H](O)CN1. The summed E-state index contributed by atoms with van der Waals surface area (Å²) in [4.78, 5) is 13.5. The lowest BCUT2D eigenvalue weighted by molar-refractivity contribution is -0.122. The number of hydrogen-bond donors (Lipinski definition) is 3. The molecule has 1 saturated heterocycles. The molecule has 0 aromatic rings.